The van der Waals surface area contributed by atoms with Crippen molar-refractivity contribution in [3.05, 3.63) is 35.4 Å². The molecule has 1 aliphatic carbocycles. The minimum absolute atomic E-state index is 0.229. The normalized spacial score (nSPS) is 16.1. The molecule has 0 heterocycles. The lowest BCUT2D eigenvalue weighted by Gasteiger charge is -2.09. The molecule has 13 heavy (non-hydrogen) atoms. The monoisotopic (exact) mass is 177 g/mol. The number of aliphatic hydroxyl groups excluding tert-OH is 1. The van der Waals surface area contributed by atoms with Gasteiger partial charge in [-0.05, 0) is 24.0 Å². The van der Waals surface area contributed by atoms with Gasteiger partial charge in [-0.3, -0.25) is 0 Å². The Morgan fingerprint density at radius 1 is 1.23 bits per heavy atom. The second-order valence-electron chi connectivity index (χ2n) is 3.55. The average molecular weight is 177 g/mol. The van der Waals surface area contributed by atoms with E-state index in [1.54, 1.807) is 0 Å². The summed E-state index contributed by atoms with van der Waals surface area (Å²) in [6, 6.07) is 9.09. The van der Waals surface area contributed by atoms with Crippen LogP contribution in [0.1, 0.15) is 11.1 Å². The van der Waals surface area contributed by atoms with Crippen LogP contribution in [-0.2, 0) is 12.8 Å². The fraction of sp³-hybridized carbons (Fsp3) is 0.455. The van der Waals surface area contributed by atoms with Gasteiger partial charge in [0.15, 0.2) is 0 Å². The summed E-state index contributed by atoms with van der Waals surface area (Å²) in [6.45, 7) is 0.936. The largest absolute Gasteiger partial charge is 0.395 e. The van der Waals surface area contributed by atoms with Gasteiger partial charge in [0.25, 0.3) is 0 Å². The summed E-state index contributed by atoms with van der Waals surface area (Å²) in [4.78, 5) is 0. The van der Waals surface area contributed by atoms with Crippen molar-refractivity contribution in [2.24, 2.45) is 0 Å². The van der Waals surface area contributed by atoms with Gasteiger partial charge in [0, 0.05) is 12.6 Å². The Hall–Kier alpha value is -0.860. The van der Waals surface area contributed by atoms with Crippen LogP contribution in [0.25, 0.3) is 0 Å². The van der Waals surface area contributed by atoms with Gasteiger partial charge < -0.3 is 10.4 Å². The molecule has 0 fully saturated rings. The maximum atomic E-state index is 8.68. The molecule has 0 saturated carbocycles. The van der Waals surface area contributed by atoms with Gasteiger partial charge in [0.1, 0.15) is 0 Å². The van der Waals surface area contributed by atoms with E-state index in [-0.39, 0.29) is 6.61 Å². The SMILES string of the molecule is OCCNC1Cc2ccccc2C1. The summed E-state index contributed by atoms with van der Waals surface area (Å²) in [6.07, 6.45) is 2.21. The van der Waals surface area contributed by atoms with Crippen LogP contribution in [0, 0.1) is 0 Å². The van der Waals surface area contributed by atoms with Crippen LogP contribution in [-0.4, -0.2) is 24.3 Å². The molecular formula is C11H15NO. The number of rotatable bonds is 3. The van der Waals surface area contributed by atoms with Crippen LogP contribution >= 0.6 is 0 Å². The predicted molar refractivity (Wildman–Crippen MR) is 52.7 cm³/mol. The number of aliphatic hydroxyl groups is 1. The Morgan fingerprint density at radius 2 is 1.85 bits per heavy atom. The number of fused-ring (bicyclic) bond motifs is 1. The molecule has 0 unspecified atom stereocenters. The van der Waals surface area contributed by atoms with E-state index in [0.717, 1.165) is 12.8 Å². The molecule has 1 aromatic carbocycles. The van der Waals surface area contributed by atoms with Gasteiger partial charge in [0.05, 0.1) is 6.61 Å². The maximum absolute atomic E-state index is 8.68. The molecule has 0 spiro atoms. The van der Waals surface area contributed by atoms with Gasteiger partial charge in [0.2, 0.25) is 0 Å². The summed E-state index contributed by atoms with van der Waals surface area (Å²) in [7, 11) is 0. The van der Waals surface area contributed by atoms with E-state index < -0.39 is 0 Å². The summed E-state index contributed by atoms with van der Waals surface area (Å²) >= 11 is 0. The van der Waals surface area contributed by atoms with E-state index >= 15 is 0 Å². The highest BCUT2D eigenvalue weighted by Gasteiger charge is 2.19. The second kappa shape index (κ2) is 3.90. The Kier molecular flexibility index (Phi) is 2.62. The number of nitrogens with one attached hydrogen (secondary N) is 1. The minimum atomic E-state index is 0.229. The highest BCUT2D eigenvalue weighted by Crippen LogP contribution is 2.21. The molecule has 0 saturated heterocycles. The van der Waals surface area contributed by atoms with Crippen LogP contribution in [0.15, 0.2) is 24.3 Å². The standard InChI is InChI=1S/C11H15NO/c13-6-5-12-11-7-9-3-1-2-4-10(9)8-11/h1-4,11-13H,5-8H2. The van der Waals surface area contributed by atoms with Crippen LogP contribution < -0.4 is 5.32 Å². The van der Waals surface area contributed by atoms with E-state index in [9.17, 15) is 0 Å². The maximum Gasteiger partial charge on any atom is 0.0556 e. The number of hydrogen-bond acceptors (Lipinski definition) is 2. The quantitative estimate of drug-likeness (QED) is 0.713. The molecule has 2 heteroatoms. The van der Waals surface area contributed by atoms with E-state index in [4.69, 9.17) is 5.11 Å². The van der Waals surface area contributed by atoms with Crippen LogP contribution in [0.2, 0.25) is 0 Å². The van der Waals surface area contributed by atoms with Crippen LogP contribution in [0.5, 0.6) is 0 Å². The van der Waals surface area contributed by atoms with Crippen molar-refractivity contribution in [2.45, 2.75) is 18.9 Å². The Bertz CT molecular complexity index is 260. The minimum Gasteiger partial charge on any atom is -0.395 e. The summed E-state index contributed by atoms with van der Waals surface area (Å²) in [5, 5.41) is 12.0. The fourth-order valence-corrected chi connectivity index (χ4v) is 1.97. The van der Waals surface area contributed by atoms with Gasteiger partial charge in [-0.25, -0.2) is 0 Å². The third kappa shape index (κ3) is 1.90. The first kappa shape index (κ1) is 8.73. The average Bonchev–Trinajstić information content (AvgIpc) is 2.57. The van der Waals surface area contributed by atoms with Gasteiger partial charge >= 0.3 is 0 Å². The molecule has 0 aromatic heterocycles. The Balaban J connectivity index is 1.97. The highest BCUT2D eigenvalue weighted by molar-refractivity contribution is 5.33. The third-order valence-electron chi connectivity index (χ3n) is 2.60. The third-order valence-corrected chi connectivity index (χ3v) is 2.60. The zero-order valence-electron chi connectivity index (χ0n) is 7.66. The van der Waals surface area contributed by atoms with E-state index in [1.165, 1.54) is 11.1 Å². The van der Waals surface area contributed by atoms with Crippen molar-refractivity contribution >= 4 is 0 Å². The number of benzene rings is 1. The summed E-state index contributed by atoms with van der Waals surface area (Å²) < 4.78 is 0. The first-order valence-corrected chi connectivity index (χ1v) is 4.81. The molecule has 0 radical (unpaired) electrons. The van der Waals surface area contributed by atoms with Gasteiger partial charge in [-0.1, -0.05) is 24.3 Å². The molecule has 2 N–H and O–H groups in total. The van der Waals surface area contributed by atoms with Crippen LogP contribution in [0.4, 0.5) is 0 Å². The van der Waals surface area contributed by atoms with Crippen molar-refractivity contribution in [1.82, 2.24) is 5.32 Å². The molecule has 1 aromatic rings. The topological polar surface area (TPSA) is 32.3 Å². The Labute approximate surface area is 78.6 Å². The highest BCUT2D eigenvalue weighted by atomic mass is 16.3. The molecule has 0 bridgehead atoms. The van der Waals surface area contributed by atoms with E-state index in [0.29, 0.717) is 12.6 Å². The van der Waals surface area contributed by atoms with Crippen molar-refractivity contribution in [2.75, 3.05) is 13.2 Å². The van der Waals surface area contributed by atoms with Crippen molar-refractivity contribution in [3.63, 3.8) is 0 Å². The van der Waals surface area contributed by atoms with E-state index in [2.05, 4.69) is 29.6 Å². The molecule has 2 nitrogen and oxygen atoms in total. The van der Waals surface area contributed by atoms with Gasteiger partial charge in [-0.2, -0.15) is 0 Å². The zero-order chi connectivity index (χ0) is 9.10. The zero-order valence-corrected chi connectivity index (χ0v) is 7.66. The lowest BCUT2D eigenvalue weighted by molar-refractivity contribution is 0.285. The number of hydrogen-bond donors (Lipinski definition) is 2. The summed E-state index contributed by atoms with van der Waals surface area (Å²) in [5.74, 6) is 0. The van der Waals surface area contributed by atoms with Crippen molar-refractivity contribution < 1.29 is 5.11 Å². The predicted octanol–water partition coefficient (Wildman–Crippen LogP) is 0.736. The first-order valence-electron chi connectivity index (χ1n) is 4.81. The van der Waals surface area contributed by atoms with Crippen molar-refractivity contribution in [3.8, 4) is 0 Å². The molecule has 70 valence electrons. The second-order valence-corrected chi connectivity index (χ2v) is 3.55. The van der Waals surface area contributed by atoms with Crippen molar-refractivity contribution in [1.29, 1.82) is 0 Å². The lowest BCUT2D eigenvalue weighted by atomic mass is 10.1. The molecular weight excluding hydrogens is 162 g/mol. The Morgan fingerprint density at radius 3 is 2.38 bits per heavy atom. The molecule has 0 atom stereocenters. The van der Waals surface area contributed by atoms with Crippen LogP contribution in [0.3, 0.4) is 0 Å². The molecule has 2 rings (SSSR count). The fourth-order valence-electron chi connectivity index (χ4n) is 1.97. The lowest BCUT2D eigenvalue weighted by Crippen LogP contribution is -2.31. The van der Waals surface area contributed by atoms with Gasteiger partial charge in [-0.15, -0.1) is 0 Å². The summed E-state index contributed by atoms with van der Waals surface area (Å²) in [5.41, 5.74) is 2.91. The first-order chi connectivity index (χ1) is 6.40. The van der Waals surface area contributed by atoms with E-state index in [1.807, 2.05) is 0 Å². The smallest absolute Gasteiger partial charge is 0.0556 e. The molecule has 0 aliphatic heterocycles. The molecule has 1 aliphatic rings. The molecule has 0 amide bonds.